The highest BCUT2D eigenvalue weighted by Gasteiger charge is 2.33. The SMILES string of the molecule is COC(=O)C1CCN(C(C(=O)Nc2ccc(F)cc2)c2ccccc2)CC1. The summed E-state index contributed by atoms with van der Waals surface area (Å²) < 4.78 is 17.9. The second kappa shape index (κ2) is 8.77. The number of piperidine rings is 1. The van der Waals surface area contributed by atoms with Crippen molar-refractivity contribution in [2.24, 2.45) is 5.92 Å². The van der Waals surface area contributed by atoms with E-state index in [0.29, 0.717) is 31.6 Å². The van der Waals surface area contributed by atoms with E-state index in [2.05, 4.69) is 10.2 Å². The fraction of sp³-hybridized carbons (Fsp3) is 0.333. The summed E-state index contributed by atoms with van der Waals surface area (Å²) in [5.74, 6) is -0.841. The standard InChI is InChI=1S/C21H23FN2O3/c1-27-21(26)16-11-13-24(14-12-16)19(15-5-3-2-4-6-15)20(25)23-18-9-7-17(22)8-10-18/h2-10,16,19H,11-14H2,1H3,(H,23,25). The number of methoxy groups -OCH3 is 1. The molecule has 1 unspecified atom stereocenters. The highest BCUT2D eigenvalue weighted by Crippen LogP contribution is 2.28. The highest BCUT2D eigenvalue weighted by atomic mass is 19.1. The zero-order valence-corrected chi connectivity index (χ0v) is 15.2. The zero-order valence-electron chi connectivity index (χ0n) is 15.2. The van der Waals surface area contributed by atoms with Crippen LogP contribution in [0.1, 0.15) is 24.4 Å². The fourth-order valence-corrected chi connectivity index (χ4v) is 3.47. The molecule has 5 nitrogen and oxygen atoms in total. The Kier molecular flexibility index (Phi) is 6.19. The first-order valence-electron chi connectivity index (χ1n) is 9.01. The Morgan fingerprint density at radius 2 is 1.70 bits per heavy atom. The van der Waals surface area contributed by atoms with Crippen LogP contribution in [0.4, 0.5) is 10.1 Å². The number of nitrogens with zero attached hydrogens (tertiary/aromatic N) is 1. The molecule has 6 heteroatoms. The number of anilines is 1. The van der Waals surface area contributed by atoms with E-state index >= 15 is 0 Å². The zero-order chi connectivity index (χ0) is 19.2. The normalized spacial score (nSPS) is 16.5. The van der Waals surface area contributed by atoms with Crippen LogP contribution in [0, 0.1) is 11.7 Å². The maximum Gasteiger partial charge on any atom is 0.308 e. The molecule has 0 bridgehead atoms. The van der Waals surface area contributed by atoms with Gasteiger partial charge in [0.2, 0.25) is 5.91 Å². The molecule has 1 heterocycles. The molecular formula is C21H23FN2O3. The Bertz CT molecular complexity index is 772. The molecule has 1 N–H and O–H groups in total. The van der Waals surface area contributed by atoms with Gasteiger partial charge >= 0.3 is 5.97 Å². The van der Waals surface area contributed by atoms with Crippen LogP contribution < -0.4 is 5.32 Å². The van der Waals surface area contributed by atoms with E-state index < -0.39 is 6.04 Å². The van der Waals surface area contributed by atoms with E-state index in [0.717, 1.165) is 5.56 Å². The minimum Gasteiger partial charge on any atom is -0.469 e. The van der Waals surface area contributed by atoms with Crippen molar-refractivity contribution in [3.05, 3.63) is 66.0 Å². The lowest BCUT2D eigenvalue weighted by Crippen LogP contribution is -2.43. The lowest BCUT2D eigenvalue weighted by atomic mass is 9.94. The molecule has 3 rings (SSSR count). The molecule has 0 radical (unpaired) electrons. The Balaban J connectivity index is 1.77. The van der Waals surface area contributed by atoms with Gasteiger partial charge in [0.25, 0.3) is 0 Å². The quantitative estimate of drug-likeness (QED) is 0.820. The van der Waals surface area contributed by atoms with E-state index in [1.165, 1.54) is 19.2 Å². The first kappa shape index (κ1) is 19.0. The average molecular weight is 370 g/mol. The topological polar surface area (TPSA) is 58.6 Å². The number of ether oxygens (including phenoxy) is 1. The van der Waals surface area contributed by atoms with E-state index in [1.54, 1.807) is 12.1 Å². The number of halogens is 1. The van der Waals surface area contributed by atoms with Gasteiger partial charge in [0.1, 0.15) is 11.9 Å². The van der Waals surface area contributed by atoms with Gasteiger partial charge in [-0.3, -0.25) is 14.5 Å². The molecule has 0 aliphatic carbocycles. The largest absolute Gasteiger partial charge is 0.469 e. The van der Waals surface area contributed by atoms with Gasteiger partial charge in [0, 0.05) is 18.8 Å². The van der Waals surface area contributed by atoms with Crippen LogP contribution >= 0.6 is 0 Å². The van der Waals surface area contributed by atoms with Gasteiger partial charge in [-0.25, -0.2) is 4.39 Å². The predicted molar refractivity (Wildman–Crippen MR) is 101 cm³/mol. The fourth-order valence-electron chi connectivity index (χ4n) is 3.47. The maximum atomic E-state index is 13.1. The highest BCUT2D eigenvalue weighted by molar-refractivity contribution is 5.95. The third kappa shape index (κ3) is 4.71. The second-order valence-corrected chi connectivity index (χ2v) is 6.64. The van der Waals surface area contributed by atoms with Crippen LogP contribution in [0.15, 0.2) is 54.6 Å². The van der Waals surface area contributed by atoms with Gasteiger partial charge in [0.15, 0.2) is 0 Å². The van der Waals surface area contributed by atoms with Gasteiger partial charge in [-0.15, -0.1) is 0 Å². The Labute approximate surface area is 158 Å². The van der Waals surface area contributed by atoms with Crippen LogP contribution in [0.3, 0.4) is 0 Å². The summed E-state index contributed by atoms with van der Waals surface area (Å²) in [5, 5.41) is 2.87. The number of rotatable bonds is 5. The molecule has 0 aromatic heterocycles. The molecular weight excluding hydrogens is 347 g/mol. The summed E-state index contributed by atoms with van der Waals surface area (Å²) in [5.41, 5.74) is 1.43. The number of esters is 1. The van der Waals surface area contributed by atoms with E-state index in [9.17, 15) is 14.0 Å². The molecule has 1 atom stereocenters. The Hall–Kier alpha value is -2.73. The van der Waals surface area contributed by atoms with Crippen LogP contribution in [0.2, 0.25) is 0 Å². The third-order valence-electron chi connectivity index (χ3n) is 4.90. The molecule has 0 saturated carbocycles. The monoisotopic (exact) mass is 370 g/mol. The first-order chi connectivity index (χ1) is 13.1. The minimum atomic E-state index is -0.477. The molecule has 0 spiro atoms. The van der Waals surface area contributed by atoms with E-state index in [1.807, 2.05) is 30.3 Å². The lowest BCUT2D eigenvalue weighted by Gasteiger charge is -2.36. The lowest BCUT2D eigenvalue weighted by molar-refractivity contribution is -0.147. The first-order valence-corrected chi connectivity index (χ1v) is 9.01. The Morgan fingerprint density at radius 1 is 1.07 bits per heavy atom. The van der Waals surface area contributed by atoms with E-state index in [4.69, 9.17) is 4.74 Å². The van der Waals surface area contributed by atoms with Crippen molar-refractivity contribution < 1.29 is 18.7 Å². The third-order valence-corrected chi connectivity index (χ3v) is 4.90. The number of amides is 1. The molecule has 1 saturated heterocycles. The van der Waals surface area contributed by atoms with E-state index in [-0.39, 0.29) is 23.6 Å². The van der Waals surface area contributed by atoms with Crippen LogP contribution in [-0.2, 0) is 14.3 Å². The molecule has 1 amide bonds. The summed E-state index contributed by atoms with van der Waals surface area (Å²) in [6.45, 7) is 1.24. The number of hydrogen-bond acceptors (Lipinski definition) is 4. The van der Waals surface area contributed by atoms with Gasteiger partial charge < -0.3 is 10.1 Å². The molecule has 1 aliphatic rings. The smallest absolute Gasteiger partial charge is 0.308 e. The number of carbonyl (C=O) groups is 2. The number of nitrogens with one attached hydrogen (secondary N) is 1. The predicted octanol–water partition coefficient (Wildman–Crippen LogP) is 3.39. The Morgan fingerprint density at radius 3 is 2.30 bits per heavy atom. The summed E-state index contributed by atoms with van der Waals surface area (Å²) >= 11 is 0. The van der Waals surface area contributed by atoms with Crippen molar-refractivity contribution in [3.8, 4) is 0 Å². The summed E-state index contributed by atoms with van der Waals surface area (Å²) in [6, 6.07) is 14.8. The molecule has 2 aromatic carbocycles. The molecule has 142 valence electrons. The van der Waals surface area contributed by atoms with Crippen molar-refractivity contribution in [1.82, 2.24) is 4.90 Å². The van der Waals surface area contributed by atoms with Crippen LogP contribution in [0.25, 0.3) is 0 Å². The molecule has 27 heavy (non-hydrogen) atoms. The van der Waals surface area contributed by atoms with Crippen LogP contribution in [-0.4, -0.2) is 37.0 Å². The number of likely N-dealkylation sites (tertiary alicyclic amines) is 1. The van der Waals surface area contributed by atoms with Crippen molar-refractivity contribution in [3.63, 3.8) is 0 Å². The van der Waals surface area contributed by atoms with Gasteiger partial charge in [-0.2, -0.15) is 0 Å². The second-order valence-electron chi connectivity index (χ2n) is 6.64. The number of carbonyl (C=O) groups excluding carboxylic acids is 2. The molecule has 1 fully saturated rings. The van der Waals surface area contributed by atoms with Crippen molar-refractivity contribution in [2.45, 2.75) is 18.9 Å². The minimum absolute atomic E-state index is 0.122. The van der Waals surface area contributed by atoms with Crippen molar-refractivity contribution in [1.29, 1.82) is 0 Å². The molecule has 2 aromatic rings. The summed E-state index contributed by atoms with van der Waals surface area (Å²) in [6.07, 6.45) is 1.31. The summed E-state index contributed by atoms with van der Waals surface area (Å²) in [4.78, 5) is 26.9. The van der Waals surface area contributed by atoms with Gasteiger partial charge in [-0.05, 0) is 42.7 Å². The maximum absolute atomic E-state index is 13.1. The number of benzene rings is 2. The summed E-state index contributed by atoms with van der Waals surface area (Å²) in [7, 11) is 1.40. The van der Waals surface area contributed by atoms with Crippen molar-refractivity contribution >= 4 is 17.6 Å². The van der Waals surface area contributed by atoms with Gasteiger partial charge in [0.05, 0.1) is 13.0 Å². The van der Waals surface area contributed by atoms with Crippen LogP contribution in [0.5, 0.6) is 0 Å². The van der Waals surface area contributed by atoms with Gasteiger partial charge in [-0.1, -0.05) is 30.3 Å². The average Bonchev–Trinajstić information content (AvgIpc) is 2.71. The number of hydrogen-bond donors (Lipinski definition) is 1. The van der Waals surface area contributed by atoms with Crippen molar-refractivity contribution in [2.75, 3.05) is 25.5 Å². The molecule has 1 aliphatic heterocycles.